The van der Waals surface area contributed by atoms with Gasteiger partial charge in [-0.1, -0.05) is 103 Å². The number of methoxy groups -OCH3 is 2. The van der Waals surface area contributed by atoms with Gasteiger partial charge in [-0.25, -0.2) is 0 Å². The maximum Gasteiger partial charge on any atom is 0.159 e. The standard InChI is InChI=1S/C35H46N2O6S/c1-38-19-21-40-26-42-33-31(23-28-13-7-4-8-14-28)36-35(44-3)37(25-30-17-11-6-12-18-30)32(24-29-15-9-5-10-16-29)34(33)43-27-41-22-20-39-2/h4-18,31-34H,19-27H2,1-3H3/t31-,32?,33+,34+/m1/s1. The second-order valence-corrected chi connectivity index (χ2v) is 11.3. The molecule has 0 bridgehead atoms. The highest BCUT2D eigenvalue weighted by Crippen LogP contribution is 2.31. The summed E-state index contributed by atoms with van der Waals surface area (Å²) in [5, 5.41) is 0.955. The molecular weight excluding hydrogens is 576 g/mol. The fourth-order valence-electron chi connectivity index (χ4n) is 5.35. The number of nitrogens with zero attached hydrogens (tertiary/aromatic N) is 2. The van der Waals surface area contributed by atoms with Crippen LogP contribution in [-0.4, -0.2) is 94.8 Å². The number of hydrogen-bond acceptors (Lipinski definition) is 9. The zero-order chi connectivity index (χ0) is 30.8. The minimum atomic E-state index is -0.416. The monoisotopic (exact) mass is 622 g/mol. The first kappa shape index (κ1) is 34.1. The summed E-state index contributed by atoms with van der Waals surface area (Å²) in [6.45, 7) is 2.74. The Labute approximate surface area is 266 Å². The molecule has 0 saturated heterocycles. The Morgan fingerprint density at radius 2 is 1.14 bits per heavy atom. The molecule has 0 spiro atoms. The summed E-state index contributed by atoms with van der Waals surface area (Å²) in [6, 6.07) is 31.1. The lowest BCUT2D eigenvalue weighted by Crippen LogP contribution is -2.53. The van der Waals surface area contributed by atoms with E-state index in [1.165, 1.54) is 16.7 Å². The number of rotatable bonds is 18. The van der Waals surface area contributed by atoms with Crippen molar-refractivity contribution in [3.8, 4) is 0 Å². The molecule has 3 aromatic rings. The molecule has 0 fully saturated rings. The zero-order valence-corrected chi connectivity index (χ0v) is 26.9. The third-order valence-corrected chi connectivity index (χ3v) is 8.21. The van der Waals surface area contributed by atoms with E-state index in [1.54, 1.807) is 26.0 Å². The van der Waals surface area contributed by atoms with Crippen LogP contribution in [0.2, 0.25) is 0 Å². The highest BCUT2D eigenvalue weighted by Gasteiger charge is 2.43. The maximum absolute atomic E-state index is 6.71. The van der Waals surface area contributed by atoms with Crippen molar-refractivity contribution < 1.29 is 28.4 Å². The fourth-order valence-corrected chi connectivity index (χ4v) is 6.02. The summed E-state index contributed by atoms with van der Waals surface area (Å²) in [4.78, 5) is 7.81. The van der Waals surface area contributed by atoms with Crippen LogP contribution < -0.4 is 0 Å². The Morgan fingerprint density at radius 1 is 0.636 bits per heavy atom. The molecule has 8 nitrogen and oxygen atoms in total. The number of hydrogen-bond donors (Lipinski definition) is 0. The molecule has 0 radical (unpaired) electrons. The summed E-state index contributed by atoms with van der Waals surface area (Å²) in [6.07, 6.45) is 2.71. The van der Waals surface area contributed by atoms with E-state index in [0.29, 0.717) is 39.4 Å². The first-order chi connectivity index (χ1) is 21.7. The van der Waals surface area contributed by atoms with E-state index in [0.717, 1.165) is 11.6 Å². The zero-order valence-electron chi connectivity index (χ0n) is 26.1. The van der Waals surface area contributed by atoms with Crippen LogP contribution in [-0.2, 0) is 47.8 Å². The summed E-state index contributed by atoms with van der Waals surface area (Å²) < 4.78 is 35.4. The molecular formula is C35H46N2O6S. The van der Waals surface area contributed by atoms with Gasteiger partial charge in [0.25, 0.3) is 0 Å². The molecule has 1 heterocycles. The van der Waals surface area contributed by atoms with Crippen molar-refractivity contribution in [2.45, 2.75) is 43.7 Å². The second kappa shape index (κ2) is 19.6. The quantitative estimate of drug-likeness (QED) is 0.137. The minimum Gasteiger partial charge on any atom is -0.382 e. The predicted octanol–water partition coefficient (Wildman–Crippen LogP) is 5.46. The third kappa shape index (κ3) is 10.7. The highest BCUT2D eigenvalue weighted by molar-refractivity contribution is 8.13. The third-order valence-electron chi connectivity index (χ3n) is 7.51. The lowest BCUT2D eigenvalue weighted by molar-refractivity contribution is -0.187. The Bertz CT molecular complexity index is 1200. The molecule has 1 aliphatic rings. The van der Waals surface area contributed by atoms with Crippen molar-refractivity contribution in [1.29, 1.82) is 0 Å². The fraction of sp³-hybridized carbons (Fsp3) is 0.457. The molecule has 238 valence electrons. The maximum atomic E-state index is 6.71. The van der Waals surface area contributed by atoms with Gasteiger partial charge in [-0.15, -0.1) is 0 Å². The van der Waals surface area contributed by atoms with Gasteiger partial charge in [0, 0.05) is 20.8 Å². The van der Waals surface area contributed by atoms with Crippen LogP contribution in [0.4, 0.5) is 0 Å². The summed E-state index contributed by atoms with van der Waals surface area (Å²) in [5.41, 5.74) is 3.59. The van der Waals surface area contributed by atoms with Gasteiger partial charge < -0.3 is 33.3 Å². The number of benzene rings is 3. The molecule has 0 N–H and O–H groups in total. The molecule has 4 rings (SSSR count). The normalized spacial score (nSPS) is 20.3. The Balaban J connectivity index is 1.76. The SMILES string of the molecule is COCCOCO[C@H]1[C@@H](Cc2ccccc2)N=C(SC)N(Cc2ccccc2)C(Cc2ccccc2)[C@@H]1OCOCCOC. The van der Waals surface area contributed by atoms with Crippen LogP contribution in [0, 0.1) is 0 Å². The summed E-state index contributed by atoms with van der Waals surface area (Å²) >= 11 is 1.66. The van der Waals surface area contributed by atoms with Gasteiger partial charge in [0.15, 0.2) is 5.17 Å². The van der Waals surface area contributed by atoms with Gasteiger partial charge in [0.05, 0.1) is 38.5 Å². The molecule has 0 aromatic heterocycles. The largest absolute Gasteiger partial charge is 0.382 e. The molecule has 44 heavy (non-hydrogen) atoms. The second-order valence-electron chi connectivity index (χ2n) is 10.5. The first-order valence-corrected chi connectivity index (χ1v) is 16.3. The number of aliphatic imine (C=N–C) groups is 1. The summed E-state index contributed by atoms with van der Waals surface area (Å²) in [5.74, 6) is 0. The van der Waals surface area contributed by atoms with E-state index in [4.69, 9.17) is 33.4 Å². The van der Waals surface area contributed by atoms with E-state index in [2.05, 4.69) is 84.0 Å². The summed E-state index contributed by atoms with van der Waals surface area (Å²) in [7, 11) is 3.32. The molecule has 9 heteroatoms. The van der Waals surface area contributed by atoms with Crippen molar-refractivity contribution in [2.75, 3.05) is 60.5 Å². The lowest BCUT2D eigenvalue weighted by Gasteiger charge is -2.39. The number of thioether (sulfide) groups is 1. The minimum absolute atomic E-state index is 0.102. The lowest BCUT2D eigenvalue weighted by atomic mass is 9.91. The van der Waals surface area contributed by atoms with Crippen LogP contribution >= 0.6 is 11.8 Å². The highest BCUT2D eigenvalue weighted by atomic mass is 32.2. The molecule has 0 saturated carbocycles. The first-order valence-electron chi connectivity index (χ1n) is 15.1. The average Bonchev–Trinajstić information content (AvgIpc) is 3.16. The van der Waals surface area contributed by atoms with E-state index in [9.17, 15) is 0 Å². The Hall–Kier alpha value is -2.76. The number of ether oxygens (including phenoxy) is 6. The molecule has 0 aliphatic carbocycles. The van der Waals surface area contributed by atoms with Gasteiger partial charge >= 0.3 is 0 Å². The van der Waals surface area contributed by atoms with Crippen LogP contribution in [0.5, 0.6) is 0 Å². The average molecular weight is 623 g/mol. The van der Waals surface area contributed by atoms with Crippen molar-refractivity contribution in [3.63, 3.8) is 0 Å². The Kier molecular flexibility index (Phi) is 15.2. The van der Waals surface area contributed by atoms with E-state index in [-0.39, 0.29) is 25.7 Å². The van der Waals surface area contributed by atoms with E-state index < -0.39 is 12.2 Å². The van der Waals surface area contributed by atoms with Crippen molar-refractivity contribution >= 4 is 16.9 Å². The van der Waals surface area contributed by atoms with Crippen LogP contribution in [0.15, 0.2) is 96.0 Å². The predicted molar refractivity (Wildman–Crippen MR) is 176 cm³/mol. The molecule has 4 atom stereocenters. The smallest absolute Gasteiger partial charge is 0.159 e. The van der Waals surface area contributed by atoms with Gasteiger partial charge in [-0.3, -0.25) is 4.99 Å². The van der Waals surface area contributed by atoms with Crippen molar-refractivity contribution in [1.82, 2.24) is 4.90 Å². The number of amidine groups is 1. The van der Waals surface area contributed by atoms with E-state index in [1.807, 2.05) is 18.2 Å². The van der Waals surface area contributed by atoms with Gasteiger partial charge in [0.2, 0.25) is 0 Å². The van der Waals surface area contributed by atoms with Crippen LogP contribution in [0.3, 0.4) is 0 Å². The molecule has 1 unspecified atom stereocenters. The van der Waals surface area contributed by atoms with E-state index >= 15 is 0 Å². The van der Waals surface area contributed by atoms with Gasteiger partial charge in [-0.2, -0.15) is 0 Å². The molecule has 3 aromatic carbocycles. The van der Waals surface area contributed by atoms with Crippen molar-refractivity contribution in [2.24, 2.45) is 4.99 Å². The van der Waals surface area contributed by atoms with Crippen molar-refractivity contribution in [3.05, 3.63) is 108 Å². The molecule has 0 amide bonds. The van der Waals surface area contributed by atoms with Gasteiger partial charge in [-0.05, 0) is 35.8 Å². The topological polar surface area (TPSA) is 71.0 Å². The molecule has 1 aliphatic heterocycles. The van der Waals surface area contributed by atoms with Crippen LogP contribution in [0.1, 0.15) is 16.7 Å². The van der Waals surface area contributed by atoms with Crippen LogP contribution in [0.25, 0.3) is 0 Å². The Morgan fingerprint density at radius 3 is 1.66 bits per heavy atom. The van der Waals surface area contributed by atoms with Gasteiger partial charge in [0.1, 0.15) is 25.8 Å².